The van der Waals surface area contributed by atoms with E-state index >= 15 is 0 Å². The zero-order chi connectivity index (χ0) is 23.4. The van der Waals surface area contributed by atoms with Crippen LogP contribution in [0.25, 0.3) is 50.3 Å². The highest BCUT2D eigenvalue weighted by Gasteiger charge is 2.23. The minimum Gasteiger partial charge on any atom is -0.309 e. The highest BCUT2D eigenvalue weighted by molar-refractivity contribution is 6.09. The number of benzene rings is 5. The van der Waals surface area contributed by atoms with Gasteiger partial charge in [-0.15, -0.1) is 0 Å². The summed E-state index contributed by atoms with van der Waals surface area (Å²) in [5.41, 5.74) is 11.3. The third kappa shape index (κ3) is 2.96. The van der Waals surface area contributed by atoms with Gasteiger partial charge in [0.05, 0.1) is 22.7 Å². The van der Waals surface area contributed by atoms with Crippen LogP contribution in [0.15, 0.2) is 115 Å². The minimum atomic E-state index is 0.688. The zero-order valence-electron chi connectivity index (χ0n) is 18.9. The third-order valence-electron chi connectivity index (χ3n) is 6.97. The van der Waals surface area contributed by atoms with Crippen molar-refractivity contribution >= 4 is 33.5 Å². The Morgan fingerprint density at radius 2 is 1.23 bits per heavy atom. The standard InChI is InChI=1S/C33H20N2/c34-21-23-16-17-27-30(25-10-1-2-11-26(25)31(27)20-23)19-22-8-7-9-24(18-22)35-32-14-5-3-12-28(32)29-13-4-6-15-33(29)35/h1-20H/b30-19-. The second-order valence-electron chi connectivity index (χ2n) is 8.94. The van der Waals surface area contributed by atoms with Gasteiger partial charge in [0, 0.05) is 16.5 Å². The third-order valence-corrected chi connectivity index (χ3v) is 6.97. The molecule has 0 radical (unpaired) electrons. The van der Waals surface area contributed by atoms with E-state index in [0.29, 0.717) is 5.56 Å². The lowest BCUT2D eigenvalue weighted by Crippen LogP contribution is -1.94. The Labute approximate surface area is 203 Å². The van der Waals surface area contributed by atoms with Gasteiger partial charge in [-0.1, -0.05) is 78.9 Å². The summed E-state index contributed by atoms with van der Waals surface area (Å²) in [7, 11) is 0. The summed E-state index contributed by atoms with van der Waals surface area (Å²) < 4.78 is 2.35. The summed E-state index contributed by atoms with van der Waals surface area (Å²) in [5, 5.41) is 11.9. The first-order valence-electron chi connectivity index (χ1n) is 11.8. The first-order valence-corrected chi connectivity index (χ1v) is 11.8. The van der Waals surface area contributed by atoms with E-state index in [1.807, 2.05) is 12.1 Å². The molecular weight excluding hydrogens is 424 g/mol. The summed E-state index contributed by atoms with van der Waals surface area (Å²) >= 11 is 0. The van der Waals surface area contributed by atoms with Gasteiger partial charge >= 0.3 is 0 Å². The molecule has 0 atom stereocenters. The van der Waals surface area contributed by atoms with E-state index < -0.39 is 0 Å². The molecular formula is C33H20N2. The Morgan fingerprint density at radius 3 is 1.97 bits per heavy atom. The van der Waals surface area contributed by atoms with Gasteiger partial charge in [-0.05, 0) is 75.9 Å². The van der Waals surface area contributed by atoms with Gasteiger partial charge in [0.15, 0.2) is 0 Å². The Morgan fingerprint density at radius 1 is 0.571 bits per heavy atom. The lowest BCUT2D eigenvalue weighted by Gasteiger charge is -2.10. The molecule has 0 aliphatic heterocycles. The fourth-order valence-electron chi connectivity index (χ4n) is 5.45. The molecule has 35 heavy (non-hydrogen) atoms. The number of para-hydroxylation sites is 2. The predicted molar refractivity (Wildman–Crippen MR) is 144 cm³/mol. The van der Waals surface area contributed by atoms with Crippen LogP contribution in [0.4, 0.5) is 0 Å². The van der Waals surface area contributed by atoms with Crippen LogP contribution in [0.2, 0.25) is 0 Å². The smallest absolute Gasteiger partial charge is 0.0991 e. The average Bonchev–Trinajstić information content (AvgIpc) is 3.42. The molecule has 0 unspecified atom stereocenters. The summed E-state index contributed by atoms with van der Waals surface area (Å²) in [6.45, 7) is 0. The van der Waals surface area contributed by atoms with Gasteiger partial charge in [0.25, 0.3) is 0 Å². The summed E-state index contributed by atoms with van der Waals surface area (Å²) in [6, 6.07) is 42.7. The van der Waals surface area contributed by atoms with Gasteiger partial charge in [0.2, 0.25) is 0 Å². The van der Waals surface area contributed by atoms with Gasteiger partial charge in [0.1, 0.15) is 0 Å². The van der Waals surface area contributed by atoms with E-state index in [1.165, 1.54) is 44.1 Å². The van der Waals surface area contributed by atoms with Crippen molar-refractivity contribution in [2.24, 2.45) is 0 Å². The van der Waals surface area contributed by atoms with Crippen LogP contribution in [-0.4, -0.2) is 4.57 Å². The van der Waals surface area contributed by atoms with Crippen LogP contribution in [0.3, 0.4) is 0 Å². The van der Waals surface area contributed by atoms with Crippen LogP contribution in [0, 0.1) is 11.3 Å². The van der Waals surface area contributed by atoms with E-state index in [-0.39, 0.29) is 0 Å². The molecule has 0 fully saturated rings. The number of rotatable bonds is 2. The molecule has 0 N–H and O–H groups in total. The quantitative estimate of drug-likeness (QED) is 0.264. The lowest BCUT2D eigenvalue weighted by atomic mass is 10.00. The molecule has 2 heteroatoms. The number of hydrogen-bond acceptors (Lipinski definition) is 1. The summed E-state index contributed by atoms with van der Waals surface area (Å²) in [5.74, 6) is 0. The van der Waals surface area contributed by atoms with Crippen LogP contribution >= 0.6 is 0 Å². The molecule has 162 valence electrons. The zero-order valence-corrected chi connectivity index (χ0v) is 18.9. The lowest BCUT2D eigenvalue weighted by molar-refractivity contribution is 1.18. The topological polar surface area (TPSA) is 28.7 Å². The Bertz CT molecular complexity index is 1810. The first-order chi connectivity index (χ1) is 17.3. The SMILES string of the molecule is N#Cc1ccc2c(c1)-c1ccccc1/C2=C/c1cccc(-n2c3ccccc3c3ccccc32)c1. The number of nitrogens with zero attached hydrogens (tertiary/aromatic N) is 2. The molecule has 5 aromatic carbocycles. The molecule has 0 saturated carbocycles. The molecule has 2 nitrogen and oxygen atoms in total. The molecule has 1 aliphatic carbocycles. The van der Waals surface area contributed by atoms with E-state index in [2.05, 4.69) is 120 Å². The molecule has 1 aromatic heterocycles. The molecule has 0 amide bonds. The van der Waals surface area contributed by atoms with Crippen LogP contribution < -0.4 is 0 Å². The second-order valence-corrected chi connectivity index (χ2v) is 8.94. The van der Waals surface area contributed by atoms with Gasteiger partial charge < -0.3 is 4.57 Å². The van der Waals surface area contributed by atoms with E-state index in [0.717, 1.165) is 16.8 Å². The van der Waals surface area contributed by atoms with E-state index in [4.69, 9.17) is 0 Å². The van der Waals surface area contributed by atoms with Crippen LogP contribution in [0.1, 0.15) is 22.3 Å². The van der Waals surface area contributed by atoms with Crippen molar-refractivity contribution < 1.29 is 0 Å². The van der Waals surface area contributed by atoms with Crippen molar-refractivity contribution in [3.63, 3.8) is 0 Å². The van der Waals surface area contributed by atoms with Crippen molar-refractivity contribution in [1.82, 2.24) is 4.57 Å². The number of hydrogen-bond donors (Lipinski definition) is 0. The average molecular weight is 445 g/mol. The second kappa shape index (κ2) is 7.58. The molecule has 7 rings (SSSR count). The Balaban J connectivity index is 1.43. The fraction of sp³-hybridized carbons (Fsp3) is 0. The Kier molecular flexibility index (Phi) is 4.24. The largest absolute Gasteiger partial charge is 0.309 e. The Hall–Kier alpha value is -4.87. The first kappa shape index (κ1) is 19.6. The maximum atomic E-state index is 9.42. The molecule has 0 saturated heterocycles. The summed E-state index contributed by atoms with van der Waals surface area (Å²) in [6.07, 6.45) is 2.27. The van der Waals surface area contributed by atoms with Gasteiger partial charge in [-0.2, -0.15) is 5.26 Å². The van der Waals surface area contributed by atoms with Crippen molar-refractivity contribution in [3.05, 3.63) is 138 Å². The molecule has 0 spiro atoms. The molecule has 6 aromatic rings. The highest BCUT2D eigenvalue weighted by Crippen LogP contribution is 2.45. The van der Waals surface area contributed by atoms with Crippen LogP contribution in [0.5, 0.6) is 0 Å². The van der Waals surface area contributed by atoms with Crippen molar-refractivity contribution in [1.29, 1.82) is 5.26 Å². The van der Waals surface area contributed by atoms with Crippen molar-refractivity contribution in [2.45, 2.75) is 0 Å². The normalized spacial score (nSPS) is 13.2. The van der Waals surface area contributed by atoms with Gasteiger partial charge in [-0.25, -0.2) is 0 Å². The number of fused-ring (bicyclic) bond motifs is 6. The maximum Gasteiger partial charge on any atom is 0.0991 e. The minimum absolute atomic E-state index is 0.688. The summed E-state index contributed by atoms with van der Waals surface area (Å²) in [4.78, 5) is 0. The molecule has 1 heterocycles. The van der Waals surface area contributed by atoms with Gasteiger partial charge in [-0.3, -0.25) is 0 Å². The van der Waals surface area contributed by atoms with Crippen molar-refractivity contribution in [2.75, 3.05) is 0 Å². The number of nitriles is 1. The van der Waals surface area contributed by atoms with Crippen LogP contribution in [-0.2, 0) is 0 Å². The fourth-order valence-corrected chi connectivity index (χ4v) is 5.45. The molecule has 1 aliphatic rings. The molecule has 0 bridgehead atoms. The monoisotopic (exact) mass is 444 g/mol. The maximum absolute atomic E-state index is 9.42. The number of aromatic nitrogens is 1. The van der Waals surface area contributed by atoms with E-state index in [9.17, 15) is 5.26 Å². The predicted octanol–water partition coefficient (Wildman–Crippen LogP) is 8.22. The highest BCUT2D eigenvalue weighted by atomic mass is 15.0. The van der Waals surface area contributed by atoms with Crippen molar-refractivity contribution in [3.8, 4) is 22.9 Å². The van der Waals surface area contributed by atoms with E-state index in [1.54, 1.807) is 0 Å².